The summed E-state index contributed by atoms with van der Waals surface area (Å²) in [6, 6.07) is 4.27. The molecule has 0 saturated heterocycles. The summed E-state index contributed by atoms with van der Waals surface area (Å²) < 4.78 is 25.8. The van der Waals surface area contributed by atoms with Gasteiger partial charge in [-0.05, 0) is 29.3 Å². The van der Waals surface area contributed by atoms with Crippen molar-refractivity contribution in [1.82, 2.24) is 0 Å². The summed E-state index contributed by atoms with van der Waals surface area (Å²) >= 11 is 3.44. The molecule has 0 fully saturated rings. The third-order valence-electron chi connectivity index (χ3n) is 1.32. The highest BCUT2D eigenvalue weighted by atomic mass is 35.5. The minimum Gasteiger partial charge on any atom is -0.768 e. The van der Waals surface area contributed by atoms with E-state index >= 15 is 0 Å². The molecule has 0 aliphatic rings. The van der Waals surface area contributed by atoms with E-state index in [0.717, 1.165) is 0 Å². The second-order valence-corrected chi connectivity index (χ2v) is 3.38. The Morgan fingerprint density at radius 1 is 1.58 bits per heavy atom. The van der Waals surface area contributed by atoms with Gasteiger partial charge < -0.3 is 9.29 Å². The minimum absolute atomic E-state index is 0.154. The standard InChI is InChI=1S/C7H7ClO3S/c1-11-7-3-2-5(12(9)10)4-6(7)8/h2-4H,1H3,(H,9,10)/p-1. The molecule has 0 saturated carbocycles. The lowest BCUT2D eigenvalue weighted by Crippen LogP contribution is -1.90. The van der Waals surface area contributed by atoms with E-state index in [1.54, 1.807) is 0 Å². The van der Waals surface area contributed by atoms with E-state index in [4.69, 9.17) is 16.3 Å². The van der Waals surface area contributed by atoms with Crippen LogP contribution in [0.5, 0.6) is 5.75 Å². The van der Waals surface area contributed by atoms with E-state index in [0.29, 0.717) is 10.8 Å². The summed E-state index contributed by atoms with van der Waals surface area (Å²) in [4.78, 5) is 0.154. The second kappa shape index (κ2) is 3.89. The zero-order valence-corrected chi connectivity index (χ0v) is 7.82. The highest BCUT2D eigenvalue weighted by Crippen LogP contribution is 2.25. The van der Waals surface area contributed by atoms with Gasteiger partial charge in [-0.3, -0.25) is 4.21 Å². The second-order valence-electron chi connectivity index (χ2n) is 2.03. The molecular weight excluding hydrogens is 200 g/mol. The quantitative estimate of drug-likeness (QED) is 0.689. The Kier molecular flexibility index (Phi) is 3.08. The maximum Gasteiger partial charge on any atom is 0.137 e. The van der Waals surface area contributed by atoms with Gasteiger partial charge in [0.25, 0.3) is 0 Å². The number of hydrogen-bond acceptors (Lipinski definition) is 3. The Morgan fingerprint density at radius 3 is 2.67 bits per heavy atom. The van der Waals surface area contributed by atoms with Crippen molar-refractivity contribution in [2.45, 2.75) is 4.90 Å². The average Bonchev–Trinajstić information content (AvgIpc) is 2.04. The molecule has 1 aromatic rings. The van der Waals surface area contributed by atoms with Gasteiger partial charge in [-0.2, -0.15) is 0 Å². The van der Waals surface area contributed by atoms with E-state index in [-0.39, 0.29) is 4.90 Å². The molecule has 1 rings (SSSR count). The lowest BCUT2D eigenvalue weighted by atomic mass is 10.3. The molecule has 0 amide bonds. The lowest BCUT2D eigenvalue weighted by molar-refractivity contribution is 0.414. The maximum atomic E-state index is 10.5. The third-order valence-corrected chi connectivity index (χ3v) is 2.25. The number of methoxy groups -OCH3 is 1. The van der Waals surface area contributed by atoms with Gasteiger partial charge in [0, 0.05) is 4.90 Å². The zero-order chi connectivity index (χ0) is 9.14. The first-order valence-corrected chi connectivity index (χ1v) is 4.53. The first-order chi connectivity index (χ1) is 5.65. The first-order valence-electron chi connectivity index (χ1n) is 3.08. The Hall–Kier alpha value is -0.580. The van der Waals surface area contributed by atoms with E-state index in [9.17, 15) is 8.76 Å². The van der Waals surface area contributed by atoms with Crippen LogP contribution in [-0.2, 0) is 11.1 Å². The molecule has 0 bridgehead atoms. The minimum atomic E-state index is -2.24. The van der Waals surface area contributed by atoms with Crippen molar-refractivity contribution in [3.63, 3.8) is 0 Å². The van der Waals surface area contributed by atoms with Crippen LogP contribution in [0.3, 0.4) is 0 Å². The van der Waals surface area contributed by atoms with Crippen molar-refractivity contribution in [3.05, 3.63) is 23.2 Å². The predicted molar refractivity (Wildman–Crippen MR) is 45.2 cm³/mol. The summed E-state index contributed by atoms with van der Waals surface area (Å²) in [6.45, 7) is 0. The fourth-order valence-corrected chi connectivity index (χ4v) is 1.47. The van der Waals surface area contributed by atoms with Crippen molar-refractivity contribution < 1.29 is 13.5 Å². The van der Waals surface area contributed by atoms with Crippen LogP contribution in [0.2, 0.25) is 5.02 Å². The van der Waals surface area contributed by atoms with Crippen LogP contribution in [0.4, 0.5) is 0 Å². The number of ether oxygens (including phenoxy) is 1. The topological polar surface area (TPSA) is 49.4 Å². The third kappa shape index (κ3) is 1.97. The van der Waals surface area contributed by atoms with Crippen molar-refractivity contribution >= 4 is 22.7 Å². The van der Waals surface area contributed by atoms with Crippen molar-refractivity contribution in [2.24, 2.45) is 0 Å². The maximum absolute atomic E-state index is 10.5. The molecule has 1 aromatic carbocycles. The summed E-state index contributed by atoms with van der Waals surface area (Å²) in [6.07, 6.45) is 0. The Balaban J connectivity index is 3.10. The van der Waals surface area contributed by atoms with Crippen LogP contribution in [-0.4, -0.2) is 15.9 Å². The normalized spacial score (nSPS) is 12.6. The highest BCUT2D eigenvalue weighted by Gasteiger charge is 2.00. The van der Waals surface area contributed by atoms with Crippen LogP contribution >= 0.6 is 11.6 Å². The molecule has 0 aromatic heterocycles. The molecule has 3 nitrogen and oxygen atoms in total. The molecular formula is C7H6ClO3S-. The van der Waals surface area contributed by atoms with Crippen LogP contribution in [0, 0.1) is 0 Å². The lowest BCUT2D eigenvalue weighted by Gasteiger charge is -2.07. The Bertz CT molecular complexity index is 314. The van der Waals surface area contributed by atoms with Crippen molar-refractivity contribution in [1.29, 1.82) is 0 Å². The summed E-state index contributed by atoms with van der Waals surface area (Å²) in [5.41, 5.74) is 0. The molecule has 0 heterocycles. The molecule has 0 N–H and O–H groups in total. The van der Waals surface area contributed by atoms with Gasteiger partial charge in [0.05, 0.1) is 12.1 Å². The highest BCUT2D eigenvalue weighted by molar-refractivity contribution is 7.79. The first kappa shape index (κ1) is 9.51. The fourth-order valence-electron chi connectivity index (χ4n) is 0.751. The molecule has 66 valence electrons. The van der Waals surface area contributed by atoms with Crippen LogP contribution in [0.1, 0.15) is 0 Å². The summed E-state index contributed by atoms with van der Waals surface area (Å²) in [7, 11) is 1.47. The van der Waals surface area contributed by atoms with E-state index in [2.05, 4.69) is 0 Å². The van der Waals surface area contributed by atoms with E-state index in [1.165, 1.54) is 25.3 Å². The largest absolute Gasteiger partial charge is 0.768 e. The summed E-state index contributed by atoms with van der Waals surface area (Å²) in [5.74, 6) is 0.464. The van der Waals surface area contributed by atoms with Gasteiger partial charge in [-0.1, -0.05) is 11.6 Å². The van der Waals surface area contributed by atoms with Gasteiger partial charge in [0.1, 0.15) is 5.75 Å². The van der Waals surface area contributed by atoms with Gasteiger partial charge in [-0.15, -0.1) is 0 Å². The van der Waals surface area contributed by atoms with E-state index in [1.807, 2.05) is 0 Å². The smallest absolute Gasteiger partial charge is 0.137 e. The van der Waals surface area contributed by atoms with Gasteiger partial charge in [-0.25, -0.2) is 0 Å². The molecule has 1 unspecified atom stereocenters. The van der Waals surface area contributed by atoms with Gasteiger partial charge in [0.15, 0.2) is 0 Å². The molecule has 0 radical (unpaired) electrons. The van der Waals surface area contributed by atoms with Crippen LogP contribution in [0.25, 0.3) is 0 Å². The molecule has 0 aliphatic heterocycles. The fraction of sp³-hybridized carbons (Fsp3) is 0.143. The number of rotatable bonds is 2. The molecule has 5 heteroatoms. The Labute approximate surface area is 77.6 Å². The van der Waals surface area contributed by atoms with Crippen LogP contribution in [0.15, 0.2) is 23.1 Å². The number of halogens is 1. The zero-order valence-electron chi connectivity index (χ0n) is 6.24. The number of hydrogen-bond donors (Lipinski definition) is 0. The van der Waals surface area contributed by atoms with Crippen molar-refractivity contribution in [2.75, 3.05) is 7.11 Å². The number of benzene rings is 1. The molecule has 1 atom stereocenters. The van der Waals surface area contributed by atoms with Gasteiger partial charge in [0.2, 0.25) is 0 Å². The van der Waals surface area contributed by atoms with Crippen molar-refractivity contribution in [3.8, 4) is 5.75 Å². The van der Waals surface area contributed by atoms with Gasteiger partial charge >= 0.3 is 0 Å². The van der Waals surface area contributed by atoms with Crippen LogP contribution < -0.4 is 4.74 Å². The monoisotopic (exact) mass is 205 g/mol. The molecule has 12 heavy (non-hydrogen) atoms. The summed E-state index contributed by atoms with van der Waals surface area (Å²) in [5, 5.41) is 0.291. The molecule has 0 spiro atoms. The SMILES string of the molecule is COc1ccc(S(=O)[O-])cc1Cl. The average molecular weight is 206 g/mol. The molecule has 0 aliphatic carbocycles. The van der Waals surface area contributed by atoms with E-state index < -0.39 is 11.1 Å². The Morgan fingerprint density at radius 2 is 2.25 bits per heavy atom. The predicted octanol–water partition coefficient (Wildman–Crippen LogP) is 1.59.